The van der Waals surface area contributed by atoms with E-state index < -0.39 is 0 Å². The van der Waals surface area contributed by atoms with E-state index in [1.54, 1.807) is 18.4 Å². The second-order valence-corrected chi connectivity index (χ2v) is 5.79. The number of halogens is 2. The van der Waals surface area contributed by atoms with E-state index in [0.29, 0.717) is 6.04 Å². The van der Waals surface area contributed by atoms with Crippen molar-refractivity contribution < 1.29 is 4.74 Å². The molecule has 0 aromatic carbocycles. The van der Waals surface area contributed by atoms with Crippen LogP contribution < -0.4 is 10.5 Å². The fourth-order valence-corrected chi connectivity index (χ4v) is 3.58. The zero-order chi connectivity index (χ0) is 10.8. The lowest BCUT2D eigenvalue weighted by molar-refractivity contribution is 0.330. The molecule has 1 fully saturated rings. The van der Waals surface area contributed by atoms with Crippen LogP contribution in [0.15, 0.2) is 10.5 Å². The Balaban J connectivity index is 0.00000128. The van der Waals surface area contributed by atoms with Gasteiger partial charge in [0.05, 0.1) is 11.6 Å². The Bertz CT molecular complexity index is 348. The standard InChI is InChI=1S/C10H15BrN2OS.ClH/c1-14-10-9(11)4-8(15-10)6-13-3-2-7(12)5-13;/h4,7H,2-3,5-6,12H2,1H3;1H/t7-;/m1./s1. The van der Waals surface area contributed by atoms with E-state index in [0.717, 1.165) is 35.6 Å². The van der Waals surface area contributed by atoms with Crippen LogP contribution in [0.4, 0.5) is 0 Å². The molecule has 0 radical (unpaired) electrons. The molecule has 2 rings (SSSR count). The Kier molecular flexibility index (Phi) is 5.53. The predicted octanol–water partition coefficient (Wildman–Crippen LogP) is 2.47. The third-order valence-electron chi connectivity index (χ3n) is 2.58. The van der Waals surface area contributed by atoms with Crippen molar-refractivity contribution >= 4 is 39.7 Å². The second kappa shape index (κ2) is 6.21. The van der Waals surface area contributed by atoms with Crippen LogP contribution in [-0.4, -0.2) is 31.1 Å². The molecule has 2 heterocycles. The molecule has 1 aromatic heterocycles. The van der Waals surface area contributed by atoms with Gasteiger partial charge in [-0.1, -0.05) is 0 Å². The highest BCUT2D eigenvalue weighted by molar-refractivity contribution is 9.10. The van der Waals surface area contributed by atoms with Crippen LogP contribution in [0, 0.1) is 0 Å². The van der Waals surface area contributed by atoms with E-state index in [1.165, 1.54) is 4.88 Å². The summed E-state index contributed by atoms with van der Waals surface area (Å²) < 4.78 is 6.29. The Morgan fingerprint density at radius 3 is 2.94 bits per heavy atom. The van der Waals surface area contributed by atoms with Gasteiger partial charge in [-0.15, -0.1) is 23.7 Å². The minimum absolute atomic E-state index is 0. The third kappa shape index (κ3) is 3.34. The smallest absolute Gasteiger partial charge is 0.188 e. The molecule has 0 bridgehead atoms. The second-order valence-electron chi connectivity index (χ2n) is 3.84. The monoisotopic (exact) mass is 326 g/mol. The fraction of sp³-hybridized carbons (Fsp3) is 0.600. The first-order valence-corrected chi connectivity index (χ1v) is 6.60. The Hall–Kier alpha value is 0.190. The summed E-state index contributed by atoms with van der Waals surface area (Å²) in [6.07, 6.45) is 1.11. The van der Waals surface area contributed by atoms with Gasteiger partial charge in [-0.3, -0.25) is 4.90 Å². The number of hydrogen-bond acceptors (Lipinski definition) is 4. The number of nitrogens with zero attached hydrogens (tertiary/aromatic N) is 1. The Morgan fingerprint density at radius 2 is 2.44 bits per heavy atom. The van der Waals surface area contributed by atoms with Crippen LogP contribution in [0.25, 0.3) is 0 Å². The molecular weight excluding hydrogens is 312 g/mol. The largest absolute Gasteiger partial charge is 0.486 e. The van der Waals surface area contributed by atoms with Crippen molar-refractivity contribution in [1.29, 1.82) is 0 Å². The molecule has 0 unspecified atom stereocenters. The minimum Gasteiger partial charge on any atom is -0.486 e. The van der Waals surface area contributed by atoms with E-state index in [-0.39, 0.29) is 12.4 Å². The SMILES string of the molecule is COc1sc(CN2CC[C@@H](N)C2)cc1Br.Cl. The number of methoxy groups -OCH3 is 1. The van der Waals surface area contributed by atoms with Gasteiger partial charge < -0.3 is 10.5 Å². The minimum atomic E-state index is 0. The summed E-state index contributed by atoms with van der Waals surface area (Å²) in [5.41, 5.74) is 5.87. The summed E-state index contributed by atoms with van der Waals surface area (Å²) in [6.45, 7) is 3.11. The summed E-state index contributed by atoms with van der Waals surface area (Å²) in [7, 11) is 1.70. The fourth-order valence-electron chi connectivity index (χ4n) is 1.84. The van der Waals surface area contributed by atoms with E-state index >= 15 is 0 Å². The molecule has 2 N–H and O–H groups in total. The van der Waals surface area contributed by atoms with Gasteiger partial charge in [0.25, 0.3) is 0 Å². The number of likely N-dealkylation sites (tertiary alicyclic amines) is 1. The van der Waals surface area contributed by atoms with Crippen molar-refractivity contribution in [2.75, 3.05) is 20.2 Å². The molecule has 1 aliphatic rings. The molecule has 92 valence electrons. The molecule has 1 aliphatic heterocycles. The highest BCUT2D eigenvalue weighted by Crippen LogP contribution is 2.35. The average Bonchev–Trinajstić information content (AvgIpc) is 2.73. The molecule has 0 amide bonds. The highest BCUT2D eigenvalue weighted by Gasteiger charge is 2.20. The Morgan fingerprint density at radius 1 is 1.69 bits per heavy atom. The zero-order valence-electron chi connectivity index (χ0n) is 9.11. The zero-order valence-corrected chi connectivity index (χ0v) is 12.3. The molecule has 16 heavy (non-hydrogen) atoms. The first-order valence-electron chi connectivity index (χ1n) is 4.99. The van der Waals surface area contributed by atoms with Gasteiger partial charge >= 0.3 is 0 Å². The van der Waals surface area contributed by atoms with Crippen molar-refractivity contribution in [1.82, 2.24) is 4.90 Å². The maximum Gasteiger partial charge on any atom is 0.188 e. The van der Waals surface area contributed by atoms with Gasteiger partial charge in [0.2, 0.25) is 0 Å². The van der Waals surface area contributed by atoms with Crippen molar-refractivity contribution in [2.45, 2.75) is 19.0 Å². The number of ether oxygens (including phenoxy) is 1. The van der Waals surface area contributed by atoms with Crippen molar-refractivity contribution in [3.05, 3.63) is 15.4 Å². The van der Waals surface area contributed by atoms with Gasteiger partial charge in [0.15, 0.2) is 5.06 Å². The lowest BCUT2D eigenvalue weighted by Crippen LogP contribution is -2.25. The molecule has 0 saturated carbocycles. The summed E-state index contributed by atoms with van der Waals surface area (Å²) in [4.78, 5) is 3.72. The van der Waals surface area contributed by atoms with Crippen LogP contribution in [0.3, 0.4) is 0 Å². The molecule has 1 aromatic rings. The van der Waals surface area contributed by atoms with Crippen LogP contribution in [0.1, 0.15) is 11.3 Å². The molecule has 0 spiro atoms. The quantitative estimate of drug-likeness (QED) is 0.927. The highest BCUT2D eigenvalue weighted by atomic mass is 79.9. The summed E-state index contributed by atoms with van der Waals surface area (Å²) >= 11 is 5.18. The lowest BCUT2D eigenvalue weighted by Gasteiger charge is -2.12. The van der Waals surface area contributed by atoms with Crippen LogP contribution >= 0.6 is 39.7 Å². The number of thiophene rings is 1. The van der Waals surface area contributed by atoms with Gasteiger partial charge in [-0.2, -0.15) is 0 Å². The summed E-state index contributed by atoms with van der Waals surface area (Å²) in [5, 5.41) is 0.952. The maximum atomic E-state index is 5.87. The third-order valence-corrected chi connectivity index (χ3v) is 4.51. The van der Waals surface area contributed by atoms with Crippen molar-refractivity contribution in [3.63, 3.8) is 0 Å². The van der Waals surface area contributed by atoms with Gasteiger partial charge in [-0.25, -0.2) is 0 Å². The summed E-state index contributed by atoms with van der Waals surface area (Å²) in [5.74, 6) is 0. The molecule has 1 saturated heterocycles. The number of nitrogens with two attached hydrogens (primary N) is 1. The van der Waals surface area contributed by atoms with Crippen molar-refractivity contribution in [2.24, 2.45) is 5.73 Å². The van der Waals surface area contributed by atoms with Crippen LogP contribution in [-0.2, 0) is 6.54 Å². The van der Waals surface area contributed by atoms with E-state index in [4.69, 9.17) is 10.5 Å². The van der Waals surface area contributed by atoms with Crippen LogP contribution in [0.5, 0.6) is 5.06 Å². The van der Waals surface area contributed by atoms with Gasteiger partial charge in [-0.05, 0) is 28.4 Å². The molecule has 1 atom stereocenters. The maximum absolute atomic E-state index is 5.87. The first-order chi connectivity index (χ1) is 7.19. The normalized spacial score (nSPS) is 20.8. The topological polar surface area (TPSA) is 38.5 Å². The lowest BCUT2D eigenvalue weighted by atomic mass is 10.3. The van der Waals surface area contributed by atoms with Gasteiger partial charge in [0, 0.05) is 30.6 Å². The van der Waals surface area contributed by atoms with Crippen molar-refractivity contribution in [3.8, 4) is 5.06 Å². The van der Waals surface area contributed by atoms with E-state index in [9.17, 15) is 0 Å². The Labute approximate surface area is 114 Å². The van der Waals surface area contributed by atoms with Gasteiger partial charge in [0.1, 0.15) is 0 Å². The molecular formula is C10H16BrClN2OS. The predicted molar refractivity (Wildman–Crippen MR) is 73.7 cm³/mol. The molecule has 6 heteroatoms. The molecule has 0 aliphatic carbocycles. The van der Waals surface area contributed by atoms with E-state index in [1.807, 2.05) is 0 Å². The average molecular weight is 328 g/mol. The number of hydrogen-bond donors (Lipinski definition) is 1. The first kappa shape index (κ1) is 14.3. The van der Waals surface area contributed by atoms with E-state index in [2.05, 4.69) is 26.9 Å². The summed E-state index contributed by atoms with van der Waals surface area (Å²) in [6, 6.07) is 2.49. The molecule has 3 nitrogen and oxygen atoms in total. The van der Waals surface area contributed by atoms with Crippen LogP contribution in [0.2, 0.25) is 0 Å². The number of rotatable bonds is 3.